The molecule has 1 rings (SSSR count). The van der Waals surface area contributed by atoms with Gasteiger partial charge in [-0.25, -0.2) is 9.59 Å². The highest BCUT2D eigenvalue weighted by atomic mass is 16.5. The van der Waals surface area contributed by atoms with Gasteiger partial charge < -0.3 is 9.84 Å². The Bertz CT molecular complexity index is 420. The van der Waals surface area contributed by atoms with E-state index in [9.17, 15) is 9.59 Å². The smallest absolute Gasteiger partial charge is 0.338 e. The zero-order chi connectivity index (χ0) is 13.4. The third-order valence-electron chi connectivity index (χ3n) is 2.40. The van der Waals surface area contributed by atoms with E-state index < -0.39 is 11.9 Å². The number of ether oxygens (including phenoxy) is 1. The summed E-state index contributed by atoms with van der Waals surface area (Å²) in [5.41, 5.74) is 0.515. The molecule has 0 aliphatic heterocycles. The number of carbonyl (C=O) groups is 2. The number of carbonyl (C=O) groups excluding carboxylic acids is 1. The second kappa shape index (κ2) is 7.27. The number of allylic oxidation sites excluding steroid dienone is 1. The quantitative estimate of drug-likeness (QED) is 0.458. The fourth-order valence-electron chi connectivity index (χ4n) is 1.39. The van der Waals surface area contributed by atoms with Gasteiger partial charge in [-0.05, 0) is 43.5 Å². The second-order valence-electron chi connectivity index (χ2n) is 3.80. The van der Waals surface area contributed by atoms with Crippen molar-refractivity contribution in [3.63, 3.8) is 0 Å². The van der Waals surface area contributed by atoms with Gasteiger partial charge in [-0.1, -0.05) is 6.08 Å². The van der Waals surface area contributed by atoms with Crippen molar-refractivity contribution in [2.45, 2.75) is 19.3 Å². The van der Waals surface area contributed by atoms with Gasteiger partial charge in [0.15, 0.2) is 0 Å². The molecule has 0 bridgehead atoms. The van der Waals surface area contributed by atoms with E-state index >= 15 is 0 Å². The minimum atomic E-state index is -1.01. The van der Waals surface area contributed by atoms with E-state index in [1.54, 1.807) is 0 Å². The molecule has 0 saturated heterocycles. The molecule has 1 N–H and O–H groups in total. The lowest BCUT2D eigenvalue weighted by molar-refractivity contribution is 0.0497. The maximum atomic E-state index is 11.6. The van der Waals surface area contributed by atoms with Crippen LogP contribution in [0.3, 0.4) is 0 Å². The molecule has 0 fully saturated rings. The van der Waals surface area contributed by atoms with Gasteiger partial charge in [0.05, 0.1) is 17.7 Å². The van der Waals surface area contributed by atoms with Gasteiger partial charge in [-0.3, -0.25) is 0 Å². The SMILES string of the molecule is C=CCCCCOC(=O)c1ccc(C(=O)O)cc1. The number of aromatic carboxylic acids is 1. The van der Waals surface area contributed by atoms with Gasteiger partial charge in [0, 0.05) is 0 Å². The molecule has 0 saturated carbocycles. The fourth-order valence-corrected chi connectivity index (χ4v) is 1.39. The highest BCUT2D eigenvalue weighted by Gasteiger charge is 2.08. The molecule has 18 heavy (non-hydrogen) atoms. The highest BCUT2D eigenvalue weighted by Crippen LogP contribution is 2.07. The van der Waals surface area contributed by atoms with Crippen LogP contribution in [0.2, 0.25) is 0 Å². The highest BCUT2D eigenvalue weighted by molar-refractivity contribution is 5.92. The molecule has 0 amide bonds. The van der Waals surface area contributed by atoms with Crippen molar-refractivity contribution in [2.75, 3.05) is 6.61 Å². The molecule has 4 heteroatoms. The van der Waals surface area contributed by atoms with Crippen molar-refractivity contribution in [3.05, 3.63) is 48.0 Å². The molecule has 0 unspecified atom stereocenters. The van der Waals surface area contributed by atoms with Crippen LogP contribution in [0, 0.1) is 0 Å². The first kappa shape index (κ1) is 14.0. The molecule has 0 aliphatic rings. The van der Waals surface area contributed by atoms with Gasteiger partial charge in [0.1, 0.15) is 0 Å². The van der Waals surface area contributed by atoms with E-state index in [4.69, 9.17) is 9.84 Å². The summed E-state index contributed by atoms with van der Waals surface area (Å²) in [5.74, 6) is -1.44. The van der Waals surface area contributed by atoms with Crippen molar-refractivity contribution in [1.29, 1.82) is 0 Å². The predicted molar refractivity (Wildman–Crippen MR) is 67.7 cm³/mol. The second-order valence-corrected chi connectivity index (χ2v) is 3.80. The number of rotatable bonds is 7. The van der Waals surface area contributed by atoms with Crippen LogP contribution in [0.5, 0.6) is 0 Å². The monoisotopic (exact) mass is 248 g/mol. The lowest BCUT2D eigenvalue weighted by Crippen LogP contribution is -2.07. The molecular formula is C14H16O4. The van der Waals surface area contributed by atoms with Crippen LogP contribution in [0.15, 0.2) is 36.9 Å². The van der Waals surface area contributed by atoms with Gasteiger partial charge >= 0.3 is 11.9 Å². The van der Waals surface area contributed by atoms with Crippen LogP contribution >= 0.6 is 0 Å². The van der Waals surface area contributed by atoms with Crippen LogP contribution < -0.4 is 0 Å². The Hall–Kier alpha value is -2.10. The molecule has 96 valence electrons. The Balaban J connectivity index is 2.41. The van der Waals surface area contributed by atoms with Crippen molar-refractivity contribution >= 4 is 11.9 Å². The van der Waals surface area contributed by atoms with Crippen molar-refractivity contribution < 1.29 is 19.4 Å². The van der Waals surface area contributed by atoms with Gasteiger partial charge in [0.25, 0.3) is 0 Å². The molecule has 1 aromatic carbocycles. The first-order chi connectivity index (χ1) is 8.65. The summed E-state index contributed by atoms with van der Waals surface area (Å²) in [5, 5.41) is 8.71. The first-order valence-electron chi connectivity index (χ1n) is 5.76. The average Bonchev–Trinajstić information content (AvgIpc) is 2.38. The Morgan fingerprint density at radius 2 is 1.78 bits per heavy atom. The van der Waals surface area contributed by atoms with E-state index in [2.05, 4.69) is 6.58 Å². The molecule has 0 aromatic heterocycles. The topological polar surface area (TPSA) is 63.6 Å². The minimum absolute atomic E-state index is 0.150. The molecule has 0 heterocycles. The molecule has 0 aliphatic carbocycles. The number of unbranched alkanes of at least 4 members (excludes halogenated alkanes) is 2. The van der Waals surface area contributed by atoms with Gasteiger partial charge in [-0.2, -0.15) is 0 Å². The number of hydrogen-bond donors (Lipinski definition) is 1. The van der Waals surface area contributed by atoms with Gasteiger partial charge in [0.2, 0.25) is 0 Å². The number of hydrogen-bond acceptors (Lipinski definition) is 3. The number of carboxylic acid groups (broad SMARTS) is 1. The molecule has 1 aromatic rings. The number of carboxylic acids is 1. The van der Waals surface area contributed by atoms with E-state index in [0.29, 0.717) is 12.2 Å². The van der Waals surface area contributed by atoms with Crippen LogP contribution in [0.4, 0.5) is 0 Å². The summed E-state index contributed by atoms with van der Waals surface area (Å²) < 4.78 is 5.05. The van der Waals surface area contributed by atoms with Crippen molar-refractivity contribution in [2.24, 2.45) is 0 Å². The average molecular weight is 248 g/mol. The van der Waals surface area contributed by atoms with E-state index in [-0.39, 0.29) is 5.56 Å². The lowest BCUT2D eigenvalue weighted by Gasteiger charge is -2.04. The maximum absolute atomic E-state index is 11.6. The van der Waals surface area contributed by atoms with E-state index in [1.165, 1.54) is 24.3 Å². The van der Waals surface area contributed by atoms with Gasteiger partial charge in [-0.15, -0.1) is 6.58 Å². The summed E-state index contributed by atoms with van der Waals surface area (Å²) in [6.07, 6.45) is 4.47. The van der Waals surface area contributed by atoms with Crippen molar-refractivity contribution in [3.8, 4) is 0 Å². The molecule has 0 atom stereocenters. The number of esters is 1. The third-order valence-corrected chi connectivity index (χ3v) is 2.40. The van der Waals surface area contributed by atoms with Crippen LogP contribution in [-0.2, 0) is 4.74 Å². The first-order valence-corrected chi connectivity index (χ1v) is 5.76. The van der Waals surface area contributed by atoms with Crippen LogP contribution in [0.1, 0.15) is 40.0 Å². The zero-order valence-corrected chi connectivity index (χ0v) is 10.1. The Morgan fingerprint density at radius 1 is 1.17 bits per heavy atom. The summed E-state index contributed by atoms with van der Waals surface area (Å²) >= 11 is 0. The summed E-state index contributed by atoms with van der Waals surface area (Å²) in [7, 11) is 0. The summed E-state index contributed by atoms with van der Waals surface area (Å²) in [6.45, 7) is 3.98. The molecule has 0 radical (unpaired) electrons. The number of benzene rings is 1. The summed E-state index contributed by atoms with van der Waals surface area (Å²) in [6, 6.07) is 5.68. The molecule has 4 nitrogen and oxygen atoms in total. The Morgan fingerprint density at radius 3 is 2.33 bits per heavy atom. The Labute approximate surface area is 106 Å². The van der Waals surface area contributed by atoms with E-state index in [0.717, 1.165) is 19.3 Å². The minimum Gasteiger partial charge on any atom is -0.478 e. The van der Waals surface area contributed by atoms with Crippen LogP contribution in [-0.4, -0.2) is 23.7 Å². The molecular weight excluding hydrogens is 232 g/mol. The largest absolute Gasteiger partial charge is 0.478 e. The summed E-state index contributed by atoms with van der Waals surface area (Å²) in [4.78, 5) is 22.2. The normalized spacial score (nSPS) is 9.78. The van der Waals surface area contributed by atoms with E-state index in [1.807, 2.05) is 6.08 Å². The molecule has 0 spiro atoms. The lowest BCUT2D eigenvalue weighted by atomic mass is 10.1. The zero-order valence-electron chi connectivity index (χ0n) is 10.1. The predicted octanol–water partition coefficient (Wildman–Crippen LogP) is 2.90. The van der Waals surface area contributed by atoms with Crippen LogP contribution in [0.25, 0.3) is 0 Å². The Kier molecular flexibility index (Phi) is 5.64. The third kappa shape index (κ3) is 4.41. The maximum Gasteiger partial charge on any atom is 0.338 e. The standard InChI is InChI=1S/C14H16O4/c1-2-3-4-5-10-18-14(17)12-8-6-11(7-9-12)13(15)16/h2,6-9H,1,3-5,10H2,(H,15,16). The fraction of sp³-hybridized carbons (Fsp3) is 0.286. The van der Waals surface area contributed by atoms with Crippen molar-refractivity contribution in [1.82, 2.24) is 0 Å².